The molecule has 0 bridgehead atoms. The molecular formula is C13H16Br2ClNO2S. The summed E-state index contributed by atoms with van der Waals surface area (Å²) in [6.45, 7) is 2.36. The number of nitrogens with one attached hydrogen (secondary N) is 1. The summed E-state index contributed by atoms with van der Waals surface area (Å²) in [4.78, 5) is 0.260. The number of halogens is 3. The highest BCUT2D eigenvalue weighted by molar-refractivity contribution is 9.11. The summed E-state index contributed by atoms with van der Waals surface area (Å²) in [5.74, 6) is 0.333. The largest absolute Gasteiger partial charge is 0.241 e. The average molecular weight is 446 g/mol. The van der Waals surface area contributed by atoms with E-state index < -0.39 is 10.0 Å². The summed E-state index contributed by atoms with van der Waals surface area (Å²) in [5.41, 5.74) is 0.983. The second-order valence-electron chi connectivity index (χ2n) is 5.16. The molecule has 1 saturated carbocycles. The lowest BCUT2D eigenvalue weighted by Gasteiger charge is -2.13. The highest BCUT2D eigenvalue weighted by Crippen LogP contribution is 2.31. The Kier molecular flexibility index (Phi) is 5.57. The Morgan fingerprint density at radius 3 is 2.60 bits per heavy atom. The molecule has 0 radical (unpaired) electrons. The van der Waals surface area contributed by atoms with Crippen molar-refractivity contribution in [2.75, 3.05) is 6.54 Å². The minimum absolute atomic E-state index is 0.185. The minimum Gasteiger partial charge on any atom is -0.211 e. The van der Waals surface area contributed by atoms with Crippen LogP contribution in [0.5, 0.6) is 0 Å². The van der Waals surface area contributed by atoms with E-state index >= 15 is 0 Å². The van der Waals surface area contributed by atoms with Crippen LogP contribution in [0.2, 0.25) is 0 Å². The zero-order valence-corrected chi connectivity index (χ0v) is 15.7. The van der Waals surface area contributed by atoms with E-state index in [9.17, 15) is 8.42 Å². The van der Waals surface area contributed by atoms with Crippen LogP contribution in [-0.4, -0.2) is 20.3 Å². The summed E-state index contributed by atoms with van der Waals surface area (Å²) >= 11 is 12.7. The third-order valence-electron chi connectivity index (χ3n) is 3.54. The van der Waals surface area contributed by atoms with Gasteiger partial charge in [-0.15, -0.1) is 11.6 Å². The van der Waals surface area contributed by atoms with Gasteiger partial charge in [0.05, 0.1) is 4.90 Å². The maximum Gasteiger partial charge on any atom is 0.241 e. The lowest BCUT2D eigenvalue weighted by Crippen LogP contribution is -2.29. The molecule has 7 heteroatoms. The highest BCUT2D eigenvalue weighted by Gasteiger charge is 2.25. The van der Waals surface area contributed by atoms with Gasteiger partial charge in [0.15, 0.2) is 0 Å². The van der Waals surface area contributed by atoms with Gasteiger partial charge in [0.25, 0.3) is 0 Å². The van der Waals surface area contributed by atoms with Crippen LogP contribution >= 0.6 is 43.5 Å². The number of alkyl halides is 1. The zero-order valence-electron chi connectivity index (χ0n) is 11.0. The molecule has 2 unspecified atom stereocenters. The molecule has 20 heavy (non-hydrogen) atoms. The standard InChI is InChI=1S/C13H16Br2ClNO2S/c1-8-4-12(15)13(6-11(8)14)20(18,19)17-7-9-2-3-10(16)5-9/h4,6,9-10,17H,2-3,5,7H2,1H3. The van der Waals surface area contributed by atoms with E-state index in [0.29, 0.717) is 16.9 Å². The van der Waals surface area contributed by atoms with Crippen LogP contribution in [-0.2, 0) is 10.0 Å². The van der Waals surface area contributed by atoms with E-state index in [-0.39, 0.29) is 10.3 Å². The first-order valence-corrected chi connectivity index (χ1v) is 9.89. The molecule has 0 heterocycles. The Morgan fingerprint density at radius 2 is 2.00 bits per heavy atom. The lowest BCUT2D eigenvalue weighted by atomic mass is 10.1. The molecule has 1 aromatic carbocycles. The molecule has 0 aromatic heterocycles. The molecule has 0 aliphatic heterocycles. The lowest BCUT2D eigenvalue weighted by molar-refractivity contribution is 0.520. The summed E-state index contributed by atoms with van der Waals surface area (Å²) in [7, 11) is -3.51. The molecular weight excluding hydrogens is 429 g/mol. The van der Waals surface area contributed by atoms with Crippen LogP contribution in [0.15, 0.2) is 26.0 Å². The number of rotatable bonds is 4. The van der Waals surface area contributed by atoms with E-state index in [4.69, 9.17) is 11.6 Å². The molecule has 1 aliphatic carbocycles. The fourth-order valence-corrected chi connectivity index (χ4v) is 5.51. The molecule has 3 nitrogen and oxygen atoms in total. The summed E-state index contributed by atoms with van der Waals surface area (Å²) in [6, 6.07) is 3.42. The SMILES string of the molecule is Cc1cc(Br)c(S(=O)(=O)NCC2CCC(Cl)C2)cc1Br. The summed E-state index contributed by atoms with van der Waals surface area (Å²) in [6.07, 6.45) is 2.83. The van der Waals surface area contributed by atoms with Crippen molar-refractivity contribution in [2.24, 2.45) is 5.92 Å². The topological polar surface area (TPSA) is 46.2 Å². The van der Waals surface area contributed by atoms with Crippen LogP contribution in [0.3, 0.4) is 0 Å². The Bertz CT molecular complexity index is 607. The Hall–Kier alpha value is 0.380. The van der Waals surface area contributed by atoms with Crippen molar-refractivity contribution >= 4 is 53.5 Å². The first-order chi connectivity index (χ1) is 9.29. The number of hydrogen-bond donors (Lipinski definition) is 1. The van der Waals surface area contributed by atoms with Gasteiger partial charge < -0.3 is 0 Å². The minimum atomic E-state index is -3.51. The molecule has 1 N–H and O–H groups in total. The van der Waals surface area contributed by atoms with Gasteiger partial charge in [0, 0.05) is 20.9 Å². The number of sulfonamides is 1. The van der Waals surface area contributed by atoms with Gasteiger partial charge in [0.2, 0.25) is 10.0 Å². The summed E-state index contributed by atoms with van der Waals surface area (Å²) < 4.78 is 28.8. The predicted octanol–water partition coefficient (Wildman–Crippen LogP) is 4.21. The molecule has 112 valence electrons. The van der Waals surface area contributed by atoms with Crippen molar-refractivity contribution in [3.8, 4) is 0 Å². The Balaban J connectivity index is 2.12. The van der Waals surface area contributed by atoms with Crippen molar-refractivity contribution in [2.45, 2.75) is 36.5 Å². The highest BCUT2D eigenvalue weighted by atomic mass is 79.9. The second-order valence-corrected chi connectivity index (χ2v) is 9.22. The van der Waals surface area contributed by atoms with E-state index in [1.54, 1.807) is 12.1 Å². The first kappa shape index (κ1) is 16.7. The fraction of sp³-hybridized carbons (Fsp3) is 0.538. The first-order valence-electron chi connectivity index (χ1n) is 6.39. The van der Waals surface area contributed by atoms with Crippen molar-refractivity contribution in [3.05, 3.63) is 26.6 Å². The number of benzene rings is 1. The van der Waals surface area contributed by atoms with E-state index in [0.717, 1.165) is 29.3 Å². The smallest absolute Gasteiger partial charge is 0.211 e. The van der Waals surface area contributed by atoms with Gasteiger partial charge in [-0.25, -0.2) is 13.1 Å². The second kappa shape index (κ2) is 6.65. The van der Waals surface area contributed by atoms with E-state index in [2.05, 4.69) is 36.6 Å². The van der Waals surface area contributed by atoms with Gasteiger partial charge in [-0.1, -0.05) is 15.9 Å². The number of aryl methyl sites for hydroxylation is 1. The van der Waals surface area contributed by atoms with E-state index in [1.807, 2.05) is 6.92 Å². The van der Waals surface area contributed by atoms with Gasteiger partial charge in [-0.2, -0.15) is 0 Å². The van der Waals surface area contributed by atoms with Crippen LogP contribution in [0.4, 0.5) is 0 Å². The maximum atomic E-state index is 12.4. The number of hydrogen-bond acceptors (Lipinski definition) is 2. The fourth-order valence-electron chi connectivity index (χ4n) is 2.34. The monoisotopic (exact) mass is 443 g/mol. The van der Waals surface area contributed by atoms with Crippen molar-refractivity contribution < 1.29 is 8.42 Å². The third kappa shape index (κ3) is 3.97. The molecule has 2 atom stereocenters. The molecule has 1 aromatic rings. The average Bonchev–Trinajstić information content (AvgIpc) is 2.77. The Labute approximate surface area is 141 Å². The third-order valence-corrected chi connectivity index (χ3v) is 7.17. The molecule has 1 fully saturated rings. The van der Waals surface area contributed by atoms with Crippen LogP contribution in [0.25, 0.3) is 0 Å². The van der Waals surface area contributed by atoms with Crippen molar-refractivity contribution in [1.29, 1.82) is 0 Å². The van der Waals surface area contributed by atoms with Gasteiger partial charge in [-0.3, -0.25) is 0 Å². The van der Waals surface area contributed by atoms with Gasteiger partial charge >= 0.3 is 0 Å². The quantitative estimate of drug-likeness (QED) is 0.706. The van der Waals surface area contributed by atoms with Crippen LogP contribution in [0.1, 0.15) is 24.8 Å². The predicted molar refractivity (Wildman–Crippen MR) is 88.7 cm³/mol. The zero-order chi connectivity index (χ0) is 14.9. The van der Waals surface area contributed by atoms with Crippen molar-refractivity contribution in [3.63, 3.8) is 0 Å². The molecule has 0 saturated heterocycles. The van der Waals surface area contributed by atoms with Gasteiger partial charge in [0.1, 0.15) is 0 Å². The van der Waals surface area contributed by atoms with E-state index in [1.165, 1.54) is 0 Å². The Morgan fingerprint density at radius 1 is 1.30 bits per heavy atom. The van der Waals surface area contributed by atoms with Crippen molar-refractivity contribution in [1.82, 2.24) is 4.72 Å². The van der Waals surface area contributed by atoms with Crippen LogP contribution in [0, 0.1) is 12.8 Å². The van der Waals surface area contributed by atoms with Crippen LogP contribution < -0.4 is 4.72 Å². The maximum absolute atomic E-state index is 12.4. The molecule has 0 amide bonds. The van der Waals surface area contributed by atoms with Gasteiger partial charge in [-0.05, 0) is 65.7 Å². The summed E-state index contributed by atoms with van der Waals surface area (Å²) in [5, 5.41) is 0.185. The molecule has 1 aliphatic rings. The molecule has 2 rings (SSSR count). The normalized spacial score (nSPS) is 23.2. The molecule has 0 spiro atoms.